The first-order valence-electron chi connectivity index (χ1n) is 9.56. The molecule has 0 spiro atoms. The van der Waals surface area contributed by atoms with Gasteiger partial charge in [-0.2, -0.15) is 0 Å². The average Bonchev–Trinajstić information content (AvgIpc) is 2.66. The van der Waals surface area contributed by atoms with Crippen molar-refractivity contribution in [1.82, 2.24) is 14.8 Å². The van der Waals surface area contributed by atoms with Gasteiger partial charge in [0, 0.05) is 30.7 Å². The standard InChI is InChI=1S/C21H27N3O4/c1-14(2)19-10-17(16-6-4-5-7-18(16)22-19)21(27)24-8-9-28-15(12-24)11-23(3)13-20(25)26/h4-7,10,14-15H,8-9,11-13H2,1-3H3,(H,25,26). The number of aromatic nitrogens is 1. The molecule has 150 valence electrons. The molecule has 7 heteroatoms. The Labute approximate surface area is 164 Å². The van der Waals surface area contributed by atoms with Crippen molar-refractivity contribution in [1.29, 1.82) is 0 Å². The lowest BCUT2D eigenvalue weighted by molar-refractivity contribution is -0.138. The Morgan fingerprint density at radius 2 is 2.11 bits per heavy atom. The predicted molar refractivity (Wildman–Crippen MR) is 107 cm³/mol. The van der Waals surface area contributed by atoms with Crippen molar-refractivity contribution in [2.75, 3.05) is 39.8 Å². The van der Waals surface area contributed by atoms with E-state index in [1.807, 2.05) is 30.3 Å². The van der Waals surface area contributed by atoms with Gasteiger partial charge in [-0.05, 0) is 25.1 Å². The first kappa shape index (κ1) is 20.2. The predicted octanol–water partition coefficient (Wildman–Crippen LogP) is 2.22. The molecule has 0 radical (unpaired) electrons. The molecule has 1 atom stereocenters. The summed E-state index contributed by atoms with van der Waals surface area (Å²) in [5.74, 6) is -0.691. The second kappa shape index (κ2) is 8.67. The van der Waals surface area contributed by atoms with Crippen LogP contribution in [0.5, 0.6) is 0 Å². The number of para-hydroxylation sites is 1. The average molecular weight is 385 g/mol. The minimum Gasteiger partial charge on any atom is -0.480 e. The van der Waals surface area contributed by atoms with E-state index in [9.17, 15) is 9.59 Å². The van der Waals surface area contributed by atoms with Gasteiger partial charge in [0.2, 0.25) is 0 Å². The summed E-state index contributed by atoms with van der Waals surface area (Å²) in [4.78, 5) is 32.4. The zero-order valence-electron chi connectivity index (χ0n) is 16.6. The van der Waals surface area contributed by atoms with Gasteiger partial charge in [0.15, 0.2) is 0 Å². The maximum Gasteiger partial charge on any atom is 0.317 e. The van der Waals surface area contributed by atoms with Crippen LogP contribution in [0.2, 0.25) is 0 Å². The third kappa shape index (κ3) is 4.66. The Morgan fingerprint density at radius 1 is 1.36 bits per heavy atom. The number of carbonyl (C=O) groups is 2. The second-order valence-electron chi connectivity index (χ2n) is 7.60. The Balaban J connectivity index is 1.82. The van der Waals surface area contributed by atoms with Gasteiger partial charge in [-0.15, -0.1) is 0 Å². The lowest BCUT2D eigenvalue weighted by atomic mass is 10.0. The van der Waals surface area contributed by atoms with Gasteiger partial charge in [-0.25, -0.2) is 0 Å². The molecule has 0 bridgehead atoms. The van der Waals surface area contributed by atoms with E-state index in [0.29, 0.717) is 31.8 Å². The summed E-state index contributed by atoms with van der Waals surface area (Å²) in [6, 6.07) is 9.60. The summed E-state index contributed by atoms with van der Waals surface area (Å²) in [6.07, 6.45) is -0.209. The van der Waals surface area contributed by atoms with Crippen molar-refractivity contribution in [3.05, 3.63) is 41.6 Å². The normalized spacial score (nSPS) is 17.5. The maximum absolute atomic E-state index is 13.3. The van der Waals surface area contributed by atoms with Crippen LogP contribution in [0, 0.1) is 0 Å². The number of aliphatic carboxylic acids is 1. The molecule has 1 N–H and O–H groups in total. The van der Waals surface area contributed by atoms with E-state index in [2.05, 4.69) is 18.8 Å². The highest BCUT2D eigenvalue weighted by Crippen LogP contribution is 2.24. The molecule has 1 fully saturated rings. The molecule has 0 saturated carbocycles. The summed E-state index contributed by atoms with van der Waals surface area (Å²) < 4.78 is 5.76. The van der Waals surface area contributed by atoms with Crippen LogP contribution < -0.4 is 0 Å². The fourth-order valence-corrected chi connectivity index (χ4v) is 3.50. The molecule has 1 saturated heterocycles. The number of likely N-dealkylation sites (N-methyl/N-ethyl adjacent to an activating group) is 1. The van der Waals surface area contributed by atoms with Crippen LogP contribution in [0.3, 0.4) is 0 Å². The molecule has 2 aromatic rings. The fourth-order valence-electron chi connectivity index (χ4n) is 3.50. The number of hydrogen-bond acceptors (Lipinski definition) is 5. The number of rotatable bonds is 6. The third-order valence-electron chi connectivity index (χ3n) is 4.90. The molecule has 7 nitrogen and oxygen atoms in total. The van der Waals surface area contributed by atoms with Crippen molar-refractivity contribution in [2.45, 2.75) is 25.9 Å². The minimum atomic E-state index is -0.879. The van der Waals surface area contributed by atoms with Crippen LogP contribution >= 0.6 is 0 Å². The van der Waals surface area contributed by atoms with E-state index in [4.69, 9.17) is 9.84 Å². The molecule has 0 aliphatic carbocycles. The number of carboxylic acid groups (broad SMARTS) is 1. The zero-order valence-corrected chi connectivity index (χ0v) is 16.6. The van der Waals surface area contributed by atoms with Gasteiger partial charge in [0.05, 0.1) is 30.3 Å². The molecule has 3 rings (SSSR count). The van der Waals surface area contributed by atoms with Gasteiger partial charge in [0.25, 0.3) is 5.91 Å². The highest BCUT2D eigenvalue weighted by atomic mass is 16.5. The van der Waals surface area contributed by atoms with Crippen molar-refractivity contribution in [3.8, 4) is 0 Å². The molecule has 1 unspecified atom stereocenters. The van der Waals surface area contributed by atoms with Crippen LogP contribution in [0.15, 0.2) is 30.3 Å². The molecule has 1 amide bonds. The van der Waals surface area contributed by atoms with Crippen LogP contribution in [0.25, 0.3) is 10.9 Å². The van der Waals surface area contributed by atoms with Gasteiger partial charge in [-0.1, -0.05) is 32.0 Å². The van der Waals surface area contributed by atoms with Crippen molar-refractivity contribution in [2.24, 2.45) is 0 Å². The van der Waals surface area contributed by atoms with Crippen LogP contribution in [-0.4, -0.2) is 77.7 Å². The molecular weight excluding hydrogens is 358 g/mol. The quantitative estimate of drug-likeness (QED) is 0.821. The van der Waals surface area contributed by atoms with Crippen molar-refractivity contribution < 1.29 is 19.4 Å². The summed E-state index contributed by atoms with van der Waals surface area (Å²) >= 11 is 0. The largest absolute Gasteiger partial charge is 0.480 e. The zero-order chi connectivity index (χ0) is 20.3. The Hall–Kier alpha value is -2.51. The maximum atomic E-state index is 13.3. The first-order chi connectivity index (χ1) is 13.3. The summed E-state index contributed by atoms with van der Waals surface area (Å²) in [5.41, 5.74) is 2.38. The summed E-state index contributed by atoms with van der Waals surface area (Å²) in [6.45, 7) is 5.94. The second-order valence-corrected chi connectivity index (χ2v) is 7.60. The lowest BCUT2D eigenvalue weighted by Gasteiger charge is -2.35. The molecule has 1 aliphatic heterocycles. The number of pyridine rings is 1. The summed E-state index contributed by atoms with van der Waals surface area (Å²) in [5, 5.41) is 9.77. The van der Waals surface area contributed by atoms with E-state index in [-0.39, 0.29) is 24.5 Å². The number of benzene rings is 1. The highest BCUT2D eigenvalue weighted by molar-refractivity contribution is 6.06. The van der Waals surface area contributed by atoms with E-state index in [1.165, 1.54) is 0 Å². The fraction of sp³-hybridized carbons (Fsp3) is 0.476. The summed E-state index contributed by atoms with van der Waals surface area (Å²) in [7, 11) is 1.74. The Bertz CT molecular complexity index is 868. The highest BCUT2D eigenvalue weighted by Gasteiger charge is 2.27. The van der Waals surface area contributed by atoms with E-state index < -0.39 is 5.97 Å². The molecule has 1 aromatic heterocycles. The first-order valence-corrected chi connectivity index (χ1v) is 9.56. The molecular formula is C21H27N3O4. The number of nitrogens with zero attached hydrogens (tertiary/aromatic N) is 3. The smallest absolute Gasteiger partial charge is 0.317 e. The van der Waals surface area contributed by atoms with Gasteiger partial charge in [-0.3, -0.25) is 19.5 Å². The van der Waals surface area contributed by atoms with Gasteiger partial charge < -0.3 is 14.7 Å². The molecule has 2 heterocycles. The van der Waals surface area contributed by atoms with Crippen molar-refractivity contribution >= 4 is 22.8 Å². The Kier molecular flexibility index (Phi) is 6.26. The van der Waals surface area contributed by atoms with Crippen LogP contribution in [0.4, 0.5) is 0 Å². The monoisotopic (exact) mass is 385 g/mol. The molecule has 28 heavy (non-hydrogen) atoms. The number of carbonyl (C=O) groups excluding carboxylic acids is 1. The van der Waals surface area contributed by atoms with Crippen LogP contribution in [0.1, 0.15) is 35.8 Å². The van der Waals surface area contributed by atoms with Gasteiger partial charge >= 0.3 is 5.97 Å². The molecule has 1 aromatic carbocycles. The van der Waals surface area contributed by atoms with E-state index in [1.54, 1.807) is 16.8 Å². The Morgan fingerprint density at radius 3 is 2.82 bits per heavy atom. The lowest BCUT2D eigenvalue weighted by Crippen LogP contribution is -2.49. The SMILES string of the molecule is CC(C)c1cc(C(=O)N2CCOC(CN(C)CC(=O)O)C2)c2ccccc2n1. The number of amides is 1. The number of carboxylic acids is 1. The number of fused-ring (bicyclic) bond motifs is 1. The van der Waals surface area contributed by atoms with Gasteiger partial charge in [0.1, 0.15) is 0 Å². The van der Waals surface area contributed by atoms with Crippen LogP contribution in [-0.2, 0) is 9.53 Å². The van der Waals surface area contributed by atoms with E-state index in [0.717, 1.165) is 16.6 Å². The van der Waals surface area contributed by atoms with Crippen molar-refractivity contribution in [3.63, 3.8) is 0 Å². The molecule has 1 aliphatic rings. The third-order valence-corrected chi connectivity index (χ3v) is 4.90. The number of morpholine rings is 1. The topological polar surface area (TPSA) is 83.0 Å². The number of hydrogen-bond donors (Lipinski definition) is 1. The minimum absolute atomic E-state index is 0.0327. The van der Waals surface area contributed by atoms with E-state index >= 15 is 0 Å². The number of ether oxygens (including phenoxy) is 1.